The van der Waals surface area contributed by atoms with Gasteiger partial charge in [0.2, 0.25) is 0 Å². The number of aromatic nitrogens is 2. The van der Waals surface area contributed by atoms with Crippen molar-refractivity contribution >= 4 is 33.5 Å². The summed E-state index contributed by atoms with van der Waals surface area (Å²) in [6, 6.07) is 15.0. The molecule has 2 nitrogen and oxygen atoms in total. The van der Waals surface area contributed by atoms with E-state index in [1.165, 1.54) is 25.6 Å². The first-order chi connectivity index (χ1) is 8.72. The molecule has 3 heteroatoms. The third-order valence-electron chi connectivity index (χ3n) is 3.02. The maximum atomic E-state index is 4.47. The summed E-state index contributed by atoms with van der Waals surface area (Å²) >= 11 is 2.34. The summed E-state index contributed by atoms with van der Waals surface area (Å²) in [7, 11) is 0. The molecule has 0 atom stereocenters. The van der Waals surface area contributed by atoms with E-state index in [1.54, 1.807) is 0 Å². The quantitative estimate of drug-likeness (QED) is 0.640. The topological polar surface area (TPSA) is 17.8 Å². The van der Waals surface area contributed by atoms with E-state index >= 15 is 0 Å². The molecule has 0 saturated heterocycles. The highest BCUT2D eigenvalue weighted by Crippen LogP contribution is 2.18. The first kappa shape index (κ1) is 11.7. The molecular formula is C15H13IN2. The summed E-state index contributed by atoms with van der Waals surface area (Å²) < 4.78 is 3.30. The molecule has 0 aliphatic rings. The summed E-state index contributed by atoms with van der Waals surface area (Å²) in [5.41, 5.74) is 3.78. The number of fused-ring (bicyclic) bond motifs is 1. The Labute approximate surface area is 120 Å². The monoisotopic (exact) mass is 348 g/mol. The van der Waals surface area contributed by atoms with Crippen LogP contribution in [0.3, 0.4) is 0 Å². The van der Waals surface area contributed by atoms with Crippen LogP contribution in [0.4, 0.5) is 0 Å². The molecule has 18 heavy (non-hydrogen) atoms. The predicted molar refractivity (Wildman–Crippen MR) is 82.7 cm³/mol. The van der Waals surface area contributed by atoms with Crippen molar-refractivity contribution in [3.63, 3.8) is 0 Å². The first-order valence-electron chi connectivity index (χ1n) is 5.89. The van der Waals surface area contributed by atoms with Gasteiger partial charge in [0, 0.05) is 8.96 Å². The molecule has 90 valence electrons. The molecule has 0 amide bonds. The van der Waals surface area contributed by atoms with Gasteiger partial charge < -0.3 is 0 Å². The van der Waals surface area contributed by atoms with Crippen molar-refractivity contribution in [2.24, 2.45) is 0 Å². The highest BCUT2D eigenvalue weighted by molar-refractivity contribution is 14.1. The summed E-state index contributed by atoms with van der Waals surface area (Å²) in [5, 5.41) is 5.67. The Hall–Kier alpha value is -1.36. The Kier molecular flexibility index (Phi) is 3.07. The fraction of sp³-hybridized carbons (Fsp3) is 0.133. The highest BCUT2D eigenvalue weighted by Gasteiger charge is 2.04. The first-order valence-corrected chi connectivity index (χ1v) is 6.97. The van der Waals surface area contributed by atoms with Crippen molar-refractivity contribution in [2.45, 2.75) is 13.5 Å². The zero-order valence-corrected chi connectivity index (χ0v) is 12.3. The second kappa shape index (κ2) is 4.72. The molecule has 0 aliphatic heterocycles. The van der Waals surface area contributed by atoms with E-state index in [1.807, 2.05) is 6.20 Å². The number of hydrogen-bond acceptors (Lipinski definition) is 1. The van der Waals surface area contributed by atoms with Crippen LogP contribution in [-0.2, 0) is 6.54 Å². The smallest absolute Gasteiger partial charge is 0.0696 e. The molecule has 0 N–H and O–H groups in total. The normalized spacial score (nSPS) is 11.0. The number of halogens is 1. The van der Waals surface area contributed by atoms with Crippen LogP contribution < -0.4 is 0 Å². The van der Waals surface area contributed by atoms with Gasteiger partial charge >= 0.3 is 0 Å². The van der Waals surface area contributed by atoms with Gasteiger partial charge in [0.25, 0.3) is 0 Å². The summed E-state index contributed by atoms with van der Waals surface area (Å²) in [6.45, 7) is 2.94. The number of benzene rings is 2. The predicted octanol–water partition coefficient (Wildman–Crippen LogP) is 4.00. The summed E-state index contributed by atoms with van der Waals surface area (Å²) in [4.78, 5) is 0. The minimum absolute atomic E-state index is 0.825. The lowest BCUT2D eigenvalue weighted by molar-refractivity contribution is 0.711. The number of aryl methyl sites for hydroxylation is 1. The number of rotatable bonds is 2. The zero-order valence-electron chi connectivity index (χ0n) is 10.1. The lowest BCUT2D eigenvalue weighted by Crippen LogP contribution is -2.01. The minimum atomic E-state index is 0.825. The molecule has 0 spiro atoms. The summed E-state index contributed by atoms with van der Waals surface area (Å²) in [6.07, 6.45) is 1.93. The molecular weight excluding hydrogens is 335 g/mol. The molecule has 0 bridgehead atoms. The molecule has 0 aliphatic carbocycles. The van der Waals surface area contributed by atoms with Crippen molar-refractivity contribution in [1.29, 1.82) is 0 Å². The van der Waals surface area contributed by atoms with E-state index < -0.39 is 0 Å². The van der Waals surface area contributed by atoms with Crippen LogP contribution in [0.15, 0.2) is 48.7 Å². The van der Waals surface area contributed by atoms with Gasteiger partial charge in [-0.05, 0) is 47.2 Å². The summed E-state index contributed by atoms with van der Waals surface area (Å²) in [5.74, 6) is 0. The van der Waals surface area contributed by atoms with Crippen molar-refractivity contribution < 1.29 is 0 Å². The molecule has 3 rings (SSSR count). The van der Waals surface area contributed by atoms with E-state index in [-0.39, 0.29) is 0 Å². The fourth-order valence-corrected chi connectivity index (χ4v) is 2.63. The highest BCUT2D eigenvalue weighted by atomic mass is 127. The Bertz CT molecular complexity index is 701. The minimum Gasteiger partial charge on any atom is -0.260 e. The van der Waals surface area contributed by atoms with Crippen LogP contribution >= 0.6 is 22.6 Å². The molecule has 0 fully saturated rings. The lowest BCUT2D eigenvalue weighted by atomic mass is 10.1. The molecule has 0 radical (unpaired) electrons. The van der Waals surface area contributed by atoms with Crippen LogP contribution in [-0.4, -0.2) is 9.78 Å². The largest absolute Gasteiger partial charge is 0.260 e. The van der Waals surface area contributed by atoms with Gasteiger partial charge in [0.15, 0.2) is 0 Å². The second-order valence-corrected chi connectivity index (χ2v) is 5.74. The van der Waals surface area contributed by atoms with Gasteiger partial charge in [-0.2, -0.15) is 5.10 Å². The van der Waals surface area contributed by atoms with Gasteiger partial charge in [-0.3, -0.25) is 4.68 Å². The van der Waals surface area contributed by atoms with Gasteiger partial charge in [0.05, 0.1) is 18.3 Å². The Morgan fingerprint density at radius 1 is 1.17 bits per heavy atom. The van der Waals surface area contributed by atoms with Crippen LogP contribution in [0.2, 0.25) is 0 Å². The Morgan fingerprint density at radius 3 is 2.89 bits per heavy atom. The molecule has 0 saturated carbocycles. The maximum Gasteiger partial charge on any atom is 0.0696 e. The van der Waals surface area contributed by atoms with Crippen LogP contribution in [0.25, 0.3) is 10.9 Å². The van der Waals surface area contributed by atoms with Gasteiger partial charge in [-0.15, -0.1) is 0 Å². The molecule has 1 aromatic heterocycles. The molecule has 0 unspecified atom stereocenters. The maximum absolute atomic E-state index is 4.47. The van der Waals surface area contributed by atoms with Crippen LogP contribution in [0.5, 0.6) is 0 Å². The van der Waals surface area contributed by atoms with Crippen molar-refractivity contribution in [3.05, 3.63) is 63.4 Å². The number of nitrogens with zero attached hydrogens (tertiary/aromatic N) is 2. The Morgan fingerprint density at radius 2 is 2.06 bits per heavy atom. The van der Waals surface area contributed by atoms with E-state index in [2.05, 4.69) is 81.8 Å². The SMILES string of the molecule is Cc1cccc(Cn2ncc3ccc(I)cc32)c1. The molecule has 3 aromatic rings. The molecule has 2 aromatic carbocycles. The average molecular weight is 348 g/mol. The van der Waals surface area contributed by atoms with Crippen molar-refractivity contribution in [1.82, 2.24) is 9.78 Å². The van der Waals surface area contributed by atoms with E-state index in [0.29, 0.717) is 0 Å². The average Bonchev–Trinajstić information content (AvgIpc) is 2.72. The number of hydrogen-bond donors (Lipinski definition) is 0. The van der Waals surface area contributed by atoms with E-state index in [9.17, 15) is 0 Å². The second-order valence-electron chi connectivity index (χ2n) is 4.49. The lowest BCUT2D eigenvalue weighted by Gasteiger charge is -2.05. The molecule has 1 heterocycles. The third kappa shape index (κ3) is 2.27. The van der Waals surface area contributed by atoms with Gasteiger partial charge in [-0.1, -0.05) is 35.9 Å². The van der Waals surface area contributed by atoms with E-state index in [4.69, 9.17) is 0 Å². The van der Waals surface area contributed by atoms with Gasteiger partial charge in [0.1, 0.15) is 0 Å². The zero-order chi connectivity index (χ0) is 12.5. The fourth-order valence-electron chi connectivity index (χ4n) is 2.15. The van der Waals surface area contributed by atoms with Gasteiger partial charge in [-0.25, -0.2) is 0 Å². The van der Waals surface area contributed by atoms with Crippen molar-refractivity contribution in [2.75, 3.05) is 0 Å². The van der Waals surface area contributed by atoms with E-state index in [0.717, 1.165) is 6.54 Å². The van der Waals surface area contributed by atoms with Crippen LogP contribution in [0.1, 0.15) is 11.1 Å². The third-order valence-corrected chi connectivity index (χ3v) is 3.69. The standard InChI is InChI=1S/C15H13IN2/c1-11-3-2-4-12(7-11)10-18-15-8-14(16)6-5-13(15)9-17-18/h2-9H,10H2,1H3. The van der Waals surface area contributed by atoms with Crippen molar-refractivity contribution in [3.8, 4) is 0 Å². The Balaban J connectivity index is 2.02. The van der Waals surface area contributed by atoms with Crippen LogP contribution in [0, 0.1) is 10.5 Å².